The van der Waals surface area contributed by atoms with Crippen molar-refractivity contribution in [1.29, 1.82) is 0 Å². The summed E-state index contributed by atoms with van der Waals surface area (Å²) in [5.41, 5.74) is 2.83. The van der Waals surface area contributed by atoms with Crippen molar-refractivity contribution in [2.45, 2.75) is 57.9 Å². The van der Waals surface area contributed by atoms with E-state index in [1.165, 1.54) is 0 Å². The minimum Gasteiger partial charge on any atom is -0.464 e. The zero-order valence-corrected chi connectivity index (χ0v) is 20.5. The van der Waals surface area contributed by atoms with E-state index >= 15 is 0 Å². The predicted octanol–water partition coefficient (Wildman–Crippen LogP) is 5.05. The Bertz CT molecular complexity index is 1240. The van der Waals surface area contributed by atoms with Gasteiger partial charge in [-0.3, -0.25) is 0 Å². The maximum Gasteiger partial charge on any atom is 0.418 e. The minimum atomic E-state index is -4.30. The Morgan fingerprint density at radius 1 is 1.12 bits per heavy atom. The lowest BCUT2D eigenvalue weighted by Gasteiger charge is -2.22. The second-order valence-electron chi connectivity index (χ2n) is 9.62. The fourth-order valence-electron chi connectivity index (χ4n) is 3.94. The van der Waals surface area contributed by atoms with Crippen LogP contribution in [0.5, 0.6) is 0 Å². The third-order valence-corrected chi connectivity index (χ3v) is 6.61. The van der Waals surface area contributed by atoms with Gasteiger partial charge in [0.2, 0.25) is 0 Å². The summed E-state index contributed by atoms with van der Waals surface area (Å²) in [6.07, 6.45) is 2.76. The Balaban J connectivity index is 2.25. The lowest BCUT2D eigenvalue weighted by atomic mass is 9.92. The van der Waals surface area contributed by atoms with Gasteiger partial charge < -0.3 is 9.67 Å². The first-order valence-electron chi connectivity index (χ1n) is 10.9. The maximum absolute atomic E-state index is 13.0. The highest BCUT2D eigenvalue weighted by atomic mass is 32.2. The van der Waals surface area contributed by atoms with Crippen LogP contribution in [0, 0.1) is 5.92 Å². The average Bonchev–Trinajstić information content (AvgIpc) is 3.17. The van der Waals surface area contributed by atoms with Gasteiger partial charge in [0.25, 0.3) is 10.0 Å². The molecule has 1 heterocycles. The van der Waals surface area contributed by atoms with E-state index in [-0.39, 0.29) is 10.3 Å². The van der Waals surface area contributed by atoms with Crippen LogP contribution in [0.25, 0.3) is 11.1 Å². The number of nitrogens with zero attached hydrogens (tertiary/aromatic N) is 2. The largest absolute Gasteiger partial charge is 0.464 e. The fraction of sp³-hybridized carbons (Fsp3) is 0.360. The molecule has 1 amide bonds. The van der Waals surface area contributed by atoms with Gasteiger partial charge in [-0.2, -0.15) is 0 Å². The van der Waals surface area contributed by atoms with Crippen molar-refractivity contribution in [1.82, 2.24) is 14.3 Å². The number of carbonyl (C=O) groups is 1. The lowest BCUT2D eigenvalue weighted by Crippen LogP contribution is -2.29. The van der Waals surface area contributed by atoms with E-state index in [0.717, 1.165) is 23.4 Å². The molecule has 0 bridgehead atoms. The first kappa shape index (κ1) is 24.5. The number of amides is 1. The average molecular weight is 470 g/mol. The van der Waals surface area contributed by atoms with Crippen LogP contribution in [0.2, 0.25) is 0 Å². The van der Waals surface area contributed by atoms with Crippen molar-refractivity contribution in [3.05, 3.63) is 71.8 Å². The van der Waals surface area contributed by atoms with Crippen LogP contribution in [0.4, 0.5) is 4.79 Å². The highest BCUT2D eigenvalue weighted by molar-refractivity contribution is 7.90. The molecule has 2 aromatic carbocycles. The van der Waals surface area contributed by atoms with Crippen molar-refractivity contribution in [2.75, 3.05) is 0 Å². The molecule has 176 valence electrons. The quantitative estimate of drug-likeness (QED) is 0.504. The van der Waals surface area contributed by atoms with Gasteiger partial charge in [-0.1, -0.05) is 65.0 Å². The summed E-state index contributed by atoms with van der Waals surface area (Å²) >= 11 is 0. The zero-order chi connectivity index (χ0) is 24.4. The molecule has 0 saturated heterocycles. The third kappa shape index (κ3) is 5.82. The van der Waals surface area contributed by atoms with Crippen LogP contribution in [0.15, 0.2) is 59.8 Å². The fourth-order valence-corrected chi connectivity index (χ4v) is 5.05. The topological polar surface area (TPSA) is 101 Å². The third-order valence-electron chi connectivity index (χ3n) is 5.25. The van der Waals surface area contributed by atoms with Crippen molar-refractivity contribution in [2.24, 2.45) is 5.92 Å². The Morgan fingerprint density at radius 2 is 1.79 bits per heavy atom. The summed E-state index contributed by atoms with van der Waals surface area (Å²) in [6.45, 7) is 10.9. The Kier molecular flexibility index (Phi) is 6.97. The number of imidazole rings is 1. The number of rotatable bonds is 7. The molecule has 0 radical (unpaired) electrons. The van der Waals surface area contributed by atoms with Crippen LogP contribution in [0.3, 0.4) is 0 Å². The van der Waals surface area contributed by atoms with Gasteiger partial charge in [-0.15, -0.1) is 0 Å². The normalized spacial score (nSPS) is 12.2. The van der Waals surface area contributed by atoms with Crippen molar-refractivity contribution in [3.63, 3.8) is 0 Å². The molecule has 3 rings (SSSR count). The monoisotopic (exact) mass is 469 g/mol. The molecule has 0 atom stereocenters. The van der Waals surface area contributed by atoms with Crippen molar-refractivity contribution >= 4 is 16.1 Å². The maximum atomic E-state index is 13.0. The van der Waals surface area contributed by atoms with E-state index in [0.29, 0.717) is 23.6 Å². The molecule has 0 aliphatic carbocycles. The van der Waals surface area contributed by atoms with Crippen molar-refractivity contribution < 1.29 is 18.3 Å². The van der Waals surface area contributed by atoms with Crippen LogP contribution >= 0.6 is 0 Å². The van der Waals surface area contributed by atoms with E-state index in [1.807, 2.05) is 47.2 Å². The van der Waals surface area contributed by atoms with Gasteiger partial charge in [-0.05, 0) is 41.2 Å². The molecule has 0 aliphatic heterocycles. The summed E-state index contributed by atoms with van der Waals surface area (Å²) in [7, 11) is -4.30. The smallest absolute Gasteiger partial charge is 0.418 e. The van der Waals surface area contributed by atoms with Crippen molar-refractivity contribution in [3.8, 4) is 11.1 Å². The molecule has 0 spiro atoms. The second kappa shape index (κ2) is 9.39. The number of hydrogen-bond donors (Lipinski definition) is 2. The molecular formula is C25H31N3O4S. The standard InChI is InChI=1S/C25H31N3O4S/c1-17(2)13-19-14-21(18-9-7-6-8-10-18)22(33(31,32)27-24(29)30)15-20(19)16-28-12-11-26-23(28)25(3,4)5/h6-12,14-15,17,27H,13,16H2,1-5H3,(H,29,30). The number of aromatic nitrogens is 2. The van der Waals surface area contributed by atoms with Gasteiger partial charge in [0.05, 0.1) is 4.90 Å². The highest BCUT2D eigenvalue weighted by Gasteiger charge is 2.25. The summed E-state index contributed by atoms with van der Waals surface area (Å²) in [5.74, 6) is 1.23. The molecule has 2 N–H and O–H groups in total. The van der Waals surface area contributed by atoms with E-state index in [9.17, 15) is 13.2 Å². The Labute approximate surface area is 195 Å². The number of nitrogens with one attached hydrogen (secondary N) is 1. The van der Waals surface area contributed by atoms with Gasteiger partial charge in [0.1, 0.15) is 5.82 Å². The zero-order valence-electron chi connectivity index (χ0n) is 19.7. The lowest BCUT2D eigenvalue weighted by molar-refractivity contribution is 0.201. The molecule has 0 unspecified atom stereocenters. The Hall–Kier alpha value is -3.13. The summed E-state index contributed by atoms with van der Waals surface area (Å²) in [5, 5.41) is 9.15. The number of benzene rings is 2. The molecule has 0 fully saturated rings. The number of sulfonamides is 1. The first-order chi connectivity index (χ1) is 15.4. The van der Waals surface area contributed by atoms with E-state index in [4.69, 9.17) is 5.11 Å². The molecule has 33 heavy (non-hydrogen) atoms. The van der Waals surface area contributed by atoms with Crippen LogP contribution < -0.4 is 4.72 Å². The molecule has 7 nitrogen and oxygen atoms in total. The first-order valence-corrected chi connectivity index (χ1v) is 12.4. The molecule has 3 aromatic rings. The van der Waals surface area contributed by atoms with E-state index in [1.54, 1.807) is 17.0 Å². The van der Waals surface area contributed by atoms with Gasteiger partial charge in [-0.25, -0.2) is 22.9 Å². The Morgan fingerprint density at radius 3 is 2.36 bits per heavy atom. The number of hydrogen-bond acceptors (Lipinski definition) is 4. The minimum absolute atomic E-state index is 0.0592. The van der Waals surface area contributed by atoms with E-state index < -0.39 is 16.1 Å². The summed E-state index contributed by atoms with van der Waals surface area (Å²) in [6, 6.07) is 12.6. The molecule has 0 saturated carbocycles. The molecule has 1 aromatic heterocycles. The van der Waals surface area contributed by atoms with Crippen LogP contribution in [-0.2, 0) is 28.4 Å². The van der Waals surface area contributed by atoms with Crippen LogP contribution in [0.1, 0.15) is 51.6 Å². The van der Waals surface area contributed by atoms with Gasteiger partial charge in [0, 0.05) is 29.9 Å². The molecule has 0 aliphatic rings. The van der Waals surface area contributed by atoms with Gasteiger partial charge >= 0.3 is 6.09 Å². The molecular weight excluding hydrogens is 438 g/mol. The van der Waals surface area contributed by atoms with E-state index in [2.05, 4.69) is 39.6 Å². The molecule has 8 heteroatoms. The SMILES string of the molecule is CC(C)Cc1cc(-c2ccccc2)c(S(=O)(=O)NC(=O)O)cc1Cn1ccnc1C(C)(C)C. The predicted molar refractivity (Wildman–Crippen MR) is 129 cm³/mol. The summed E-state index contributed by atoms with van der Waals surface area (Å²) < 4.78 is 29.8. The number of carboxylic acid groups (broad SMARTS) is 1. The van der Waals surface area contributed by atoms with Gasteiger partial charge in [0.15, 0.2) is 0 Å². The second-order valence-corrected chi connectivity index (χ2v) is 11.3. The summed E-state index contributed by atoms with van der Waals surface area (Å²) in [4.78, 5) is 15.7. The highest BCUT2D eigenvalue weighted by Crippen LogP contribution is 2.33. The van der Waals surface area contributed by atoms with Crippen LogP contribution in [-0.4, -0.2) is 29.2 Å².